The third-order valence-electron chi connectivity index (χ3n) is 2.83. The molecule has 2 amide bonds. The molecule has 0 saturated carbocycles. The lowest BCUT2D eigenvalue weighted by Gasteiger charge is -2.10. The summed E-state index contributed by atoms with van der Waals surface area (Å²) in [7, 11) is 1.60. The molecule has 1 fully saturated rings. The maximum atomic E-state index is 11.9. The van der Waals surface area contributed by atoms with Gasteiger partial charge in [0.25, 0.3) is 5.91 Å². The third-order valence-corrected chi connectivity index (χ3v) is 4.06. The fourth-order valence-corrected chi connectivity index (χ4v) is 2.86. The normalized spacial score (nSPS) is 22.8. The molecule has 0 bridgehead atoms. The molecule has 3 N–H and O–H groups in total. The van der Waals surface area contributed by atoms with Crippen LogP contribution in [-0.2, 0) is 4.79 Å². The van der Waals surface area contributed by atoms with Gasteiger partial charge in [0.05, 0.1) is 15.3 Å². The fourth-order valence-electron chi connectivity index (χ4n) is 1.91. The summed E-state index contributed by atoms with van der Waals surface area (Å²) in [5, 5.41) is 8.54. The minimum absolute atomic E-state index is 0.0272. The van der Waals surface area contributed by atoms with Crippen molar-refractivity contribution in [3.63, 3.8) is 0 Å². The molecule has 1 aromatic heterocycles. The van der Waals surface area contributed by atoms with Crippen molar-refractivity contribution in [3.8, 4) is 0 Å². The molecule has 2 heterocycles. The van der Waals surface area contributed by atoms with E-state index in [0.717, 1.165) is 0 Å². The fraction of sp³-hybridized carbons (Fsp3) is 0.455. The maximum absolute atomic E-state index is 11.9. The van der Waals surface area contributed by atoms with Gasteiger partial charge in [-0.3, -0.25) is 9.59 Å². The van der Waals surface area contributed by atoms with Gasteiger partial charge < -0.3 is 16.0 Å². The second-order valence-electron chi connectivity index (χ2n) is 4.08. The monoisotopic (exact) mass is 287 g/mol. The van der Waals surface area contributed by atoms with Crippen LogP contribution in [0, 0.1) is 0 Å². The van der Waals surface area contributed by atoms with E-state index in [0.29, 0.717) is 22.2 Å². The summed E-state index contributed by atoms with van der Waals surface area (Å²) in [6.45, 7) is 0.600. The summed E-state index contributed by atoms with van der Waals surface area (Å²) in [6, 6.07) is 3.13. The van der Waals surface area contributed by atoms with Crippen molar-refractivity contribution < 1.29 is 9.59 Å². The van der Waals surface area contributed by atoms with Gasteiger partial charge in [-0.2, -0.15) is 0 Å². The van der Waals surface area contributed by atoms with Crippen molar-refractivity contribution in [2.45, 2.75) is 18.5 Å². The Labute approximate surface area is 114 Å². The van der Waals surface area contributed by atoms with E-state index < -0.39 is 0 Å². The maximum Gasteiger partial charge on any atom is 0.261 e. The number of nitrogens with one attached hydrogen (secondary N) is 3. The Morgan fingerprint density at radius 3 is 2.89 bits per heavy atom. The average Bonchev–Trinajstić information content (AvgIpc) is 2.97. The molecular formula is C11H14ClN3O2S. The van der Waals surface area contributed by atoms with Gasteiger partial charge >= 0.3 is 0 Å². The Hall–Kier alpha value is -1.11. The predicted molar refractivity (Wildman–Crippen MR) is 71.1 cm³/mol. The van der Waals surface area contributed by atoms with Crippen LogP contribution in [0.25, 0.3) is 0 Å². The molecule has 0 aliphatic carbocycles. The van der Waals surface area contributed by atoms with E-state index in [-0.39, 0.29) is 23.9 Å². The molecular weight excluding hydrogens is 274 g/mol. The van der Waals surface area contributed by atoms with Crippen molar-refractivity contribution in [2.75, 3.05) is 13.6 Å². The first kappa shape index (κ1) is 13.3. The molecule has 1 aliphatic heterocycles. The van der Waals surface area contributed by atoms with Gasteiger partial charge in [-0.15, -0.1) is 11.3 Å². The summed E-state index contributed by atoms with van der Waals surface area (Å²) in [5.74, 6) is -0.192. The quantitative estimate of drug-likeness (QED) is 0.763. The Bertz CT molecular complexity index is 463. The molecule has 1 aliphatic rings. The molecule has 0 spiro atoms. The highest BCUT2D eigenvalue weighted by atomic mass is 35.5. The number of likely N-dealkylation sites (N-methyl/N-ethyl adjacent to an activating group) is 1. The zero-order valence-corrected chi connectivity index (χ0v) is 11.4. The highest BCUT2D eigenvalue weighted by molar-refractivity contribution is 7.17. The zero-order chi connectivity index (χ0) is 13.1. The number of hydrogen-bond donors (Lipinski definition) is 3. The number of hydrogen-bond acceptors (Lipinski definition) is 4. The van der Waals surface area contributed by atoms with E-state index in [1.807, 2.05) is 0 Å². The molecule has 0 aromatic carbocycles. The number of halogens is 1. The molecule has 1 aromatic rings. The SMILES string of the molecule is CNC(=O)C1CC(NC(=O)c2ccc(Cl)s2)CN1. The number of carbonyl (C=O) groups excluding carboxylic acids is 2. The highest BCUT2D eigenvalue weighted by Gasteiger charge is 2.29. The second-order valence-corrected chi connectivity index (χ2v) is 5.80. The van der Waals surface area contributed by atoms with Crippen molar-refractivity contribution in [2.24, 2.45) is 0 Å². The first-order chi connectivity index (χ1) is 8.60. The van der Waals surface area contributed by atoms with Crippen LogP contribution in [0.15, 0.2) is 12.1 Å². The van der Waals surface area contributed by atoms with Crippen LogP contribution >= 0.6 is 22.9 Å². The second kappa shape index (κ2) is 5.69. The Morgan fingerprint density at radius 1 is 1.50 bits per heavy atom. The Kier molecular flexibility index (Phi) is 4.21. The Morgan fingerprint density at radius 2 is 2.28 bits per heavy atom. The summed E-state index contributed by atoms with van der Waals surface area (Å²) in [6.07, 6.45) is 0.602. The molecule has 0 radical (unpaired) electrons. The van der Waals surface area contributed by atoms with Crippen molar-refractivity contribution in [3.05, 3.63) is 21.3 Å². The van der Waals surface area contributed by atoms with Gasteiger partial charge in [-0.05, 0) is 18.6 Å². The van der Waals surface area contributed by atoms with Gasteiger partial charge in [0.1, 0.15) is 0 Å². The smallest absolute Gasteiger partial charge is 0.261 e. The molecule has 2 unspecified atom stereocenters. The van der Waals surface area contributed by atoms with Gasteiger partial charge in [0, 0.05) is 19.6 Å². The van der Waals surface area contributed by atoms with Gasteiger partial charge in [0.2, 0.25) is 5.91 Å². The first-order valence-electron chi connectivity index (χ1n) is 5.61. The minimum Gasteiger partial charge on any atom is -0.358 e. The standard InChI is InChI=1S/C11H14ClN3O2S/c1-13-10(16)7-4-6(5-14-7)15-11(17)8-2-3-9(12)18-8/h2-3,6-7,14H,4-5H2,1H3,(H,13,16)(H,15,17). The summed E-state index contributed by atoms with van der Waals surface area (Å²) < 4.78 is 0.591. The minimum atomic E-state index is -0.229. The van der Waals surface area contributed by atoms with E-state index in [2.05, 4.69) is 16.0 Å². The number of thiophene rings is 1. The first-order valence-corrected chi connectivity index (χ1v) is 6.80. The van der Waals surface area contributed by atoms with Crippen LogP contribution < -0.4 is 16.0 Å². The molecule has 5 nitrogen and oxygen atoms in total. The average molecular weight is 288 g/mol. The van der Waals surface area contributed by atoms with Crippen molar-refractivity contribution in [1.29, 1.82) is 0 Å². The summed E-state index contributed by atoms with van der Waals surface area (Å²) in [4.78, 5) is 23.9. The topological polar surface area (TPSA) is 70.2 Å². The van der Waals surface area contributed by atoms with E-state index in [1.54, 1.807) is 19.2 Å². The lowest BCUT2D eigenvalue weighted by atomic mass is 10.1. The van der Waals surface area contributed by atoms with Crippen molar-refractivity contribution in [1.82, 2.24) is 16.0 Å². The zero-order valence-electron chi connectivity index (χ0n) is 9.83. The largest absolute Gasteiger partial charge is 0.358 e. The summed E-state index contributed by atoms with van der Waals surface area (Å²) >= 11 is 7.02. The number of rotatable bonds is 3. The van der Waals surface area contributed by atoms with Crippen LogP contribution in [-0.4, -0.2) is 37.5 Å². The van der Waals surface area contributed by atoms with Gasteiger partial charge in [-0.25, -0.2) is 0 Å². The molecule has 7 heteroatoms. The predicted octanol–water partition coefficient (Wildman–Crippen LogP) is 0.608. The molecule has 98 valence electrons. The van der Waals surface area contributed by atoms with Crippen LogP contribution in [0.2, 0.25) is 4.34 Å². The van der Waals surface area contributed by atoms with Crippen LogP contribution in [0.4, 0.5) is 0 Å². The van der Waals surface area contributed by atoms with Gasteiger partial charge in [-0.1, -0.05) is 11.6 Å². The highest BCUT2D eigenvalue weighted by Crippen LogP contribution is 2.21. The van der Waals surface area contributed by atoms with Crippen LogP contribution in [0.3, 0.4) is 0 Å². The van der Waals surface area contributed by atoms with Crippen LogP contribution in [0.5, 0.6) is 0 Å². The Balaban J connectivity index is 1.88. The van der Waals surface area contributed by atoms with E-state index in [4.69, 9.17) is 11.6 Å². The lowest BCUT2D eigenvalue weighted by Crippen LogP contribution is -2.38. The molecule has 1 saturated heterocycles. The van der Waals surface area contributed by atoms with Gasteiger partial charge in [0.15, 0.2) is 0 Å². The van der Waals surface area contributed by atoms with E-state index in [1.165, 1.54) is 11.3 Å². The van der Waals surface area contributed by atoms with E-state index >= 15 is 0 Å². The third kappa shape index (κ3) is 3.01. The van der Waals surface area contributed by atoms with E-state index in [9.17, 15) is 9.59 Å². The molecule has 2 atom stereocenters. The van der Waals surface area contributed by atoms with Crippen LogP contribution in [0.1, 0.15) is 16.1 Å². The number of amides is 2. The lowest BCUT2D eigenvalue weighted by molar-refractivity contribution is -0.122. The molecule has 2 rings (SSSR count). The molecule has 18 heavy (non-hydrogen) atoms. The van der Waals surface area contributed by atoms with Crippen molar-refractivity contribution >= 4 is 34.8 Å². The summed E-state index contributed by atoms with van der Waals surface area (Å²) in [5.41, 5.74) is 0. The number of carbonyl (C=O) groups is 2.